The van der Waals surface area contributed by atoms with E-state index in [1.54, 1.807) is 6.07 Å². The summed E-state index contributed by atoms with van der Waals surface area (Å²) in [6.07, 6.45) is 1.31. The number of nitrogens with zero attached hydrogens (tertiary/aromatic N) is 3. The molecule has 1 aromatic heterocycles. The number of non-ortho nitro benzene ring substituents is 1. The van der Waals surface area contributed by atoms with Gasteiger partial charge in [0, 0.05) is 12.1 Å². The number of halogens is 2. The molecule has 2 aromatic rings. The van der Waals surface area contributed by atoms with Gasteiger partial charge in [0.1, 0.15) is 11.4 Å². The number of nitrogens with one attached hydrogen (secondary N) is 1. The van der Waals surface area contributed by atoms with E-state index in [-0.39, 0.29) is 11.4 Å². The lowest BCUT2D eigenvalue weighted by Gasteiger charge is -2.01. The Labute approximate surface area is 139 Å². The Balaban J connectivity index is 2.22. The van der Waals surface area contributed by atoms with Crippen LogP contribution in [0.4, 0.5) is 17.1 Å². The first-order chi connectivity index (χ1) is 10.4. The largest absolute Gasteiger partial charge is 0.447 e. The van der Waals surface area contributed by atoms with Crippen molar-refractivity contribution in [1.82, 2.24) is 0 Å². The lowest BCUT2D eigenvalue weighted by molar-refractivity contribution is -0.393. The highest BCUT2D eigenvalue weighted by Crippen LogP contribution is 2.29. The molecule has 0 fully saturated rings. The fourth-order valence-corrected chi connectivity index (χ4v) is 2.08. The number of furan rings is 1. The predicted molar refractivity (Wildman–Crippen MR) is 85.1 cm³/mol. The highest BCUT2D eigenvalue weighted by molar-refractivity contribution is 9.13. The van der Waals surface area contributed by atoms with Crippen molar-refractivity contribution in [2.75, 3.05) is 5.43 Å². The summed E-state index contributed by atoms with van der Waals surface area (Å²) in [5.74, 6) is 0.399. The third-order valence-corrected chi connectivity index (χ3v) is 4.14. The van der Waals surface area contributed by atoms with Crippen LogP contribution >= 0.6 is 31.9 Å². The van der Waals surface area contributed by atoms with Gasteiger partial charge in [-0.2, -0.15) is 5.10 Å². The van der Waals surface area contributed by atoms with E-state index >= 15 is 0 Å². The van der Waals surface area contributed by atoms with Crippen molar-refractivity contribution in [2.45, 2.75) is 0 Å². The zero-order chi connectivity index (χ0) is 16.3. The Morgan fingerprint density at radius 3 is 2.45 bits per heavy atom. The monoisotopic (exact) mass is 432 g/mol. The van der Waals surface area contributed by atoms with Crippen molar-refractivity contribution < 1.29 is 14.3 Å². The average molecular weight is 434 g/mol. The van der Waals surface area contributed by atoms with Crippen LogP contribution in [0.3, 0.4) is 0 Å². The number of benzene rings is 1. The van der Waals surface area contributed by atoms with Crippen molar-refractivity contribution in [3.8, 4) is 0 Å². The minimum absolute atomic E-state index is 0.0246. The van der Waals surface area contributed by atoms with Crippen molar-refractivity contribution in [3.05, 3.63) is 59.4 Å². The number of hydrogen-bond acceptors (Lipinski definition) is 7. The van der Waals surface area contributed by atoms with Crippen molar-refractivity contribution >= 4 is 55.1 Å². The molecule has 0 radical (unpaired) electrons. The molecule has 11 heteroatoms. The fourth-order valence-electron chi connectivity index (χ4n) is 1.47. The van der Waals surface area contributed by atoms with Crippen molar-refractivity contribution in [1.29, 1.82) is 0 Å². The molecular formula is C11H6Br2N4O5. The maximum atomic E-state index is 10.9. The number of anilines is 1. The molecule has 0 saturated heterocycles. The van der Waals surface area contributed by atoms with Gasteiger partial charge in [-0.1, -0.05) is 0 Å². The molecule has 0 spiro atoms. The molecule has 0 amide bonds. The molecule has 114 valence electrons. The van der Waals surface area contributed by atoms with Crippen LogP contribution in [0.15, 0.2) is 42.9 Å². The number of nitro groups is 2. The summed E-state index contributed by atoms with van der Waals surface area (Å²) in [7, 11) is 0. The summed E-state index contributed by atoms with van der Waals surface area (Å²) in [4.78, 5) is 20.1. The van der Waals surface area contributed by atoms with Crippen LogP contribution in [-0.2, 0) is 0 Å². The van der Waals surface area contributed by atoms with Crippen molar-refractivity contribution in [3.63, 3.8) is 0 Å². The molecule has 0 aliphatic rings. The van der Waals surface area contributed by atoms with E-state index in [2.05, 4.69) is 42.4 Å². The molecule has 0 atom stereocenters. The van der Waals surface area contributed by atoms with Crippen LogP contribution in [0.1, 0.15) is 5.76 Å². The summed E-state index contributed by atoms with van der Waals surface area (Å²) in [6.45, 7) is 0. The van der Waals surface area contributed by atoms with Crippen LogP contribution in [0, 0.1) is 20.2 Å². The molecule has 0 bridgehead atoms. The normalized spacial score (nSPS) is 10.8. The van der Waals surface area contributed by atoms with Crippen LogP contribution in [0.25, 0.3) is 0 Å². The van der Waals surface area contributed by atoms with Crippen LogP contribution < -0.4 is 5.43 Å². The first-order valence-electron chi connectivity index (χ1n) is 5.55. The molecule has 1 heterocycles. The predicted octanol–water partition coefficient (Wildman–Crippen LogP) is 4.07. The standard InChI is InChI=1S/C11H6Br2N4O5/c12-8-4-7(22-11(8)13)5-14-15-9-2-1-6(16(18)19)3-10(9)17(20)21/h1-5,15H. The van der Waals surface area contributed by atoms with E-state index in [4.69, 9.17) is 4.42 Å². The zero-order valence-corrected chi connectivity index (χ0v) is 13.7. The average Bonchev–Trinajstić information content (AvgIpc) is 2.77. The third-order valence-electron chi connectivity index (χ3n) is 2.43. The molecule has 1 aromatic carbocycles. The van der Waals surface area contributed by atoms with Gasteiger partial charge in [0.05, 0.1) is 26.6 Å². The summed E-state index contributed by atoms with van der Waals surface area (Å²) in [6, 6.07) is 4.85. The van der Waals surface area contributed by atoms with E-state index in [0.29, 0.717) is 14.9 Å². The SMILES string of the molecule is O=[N+]([O-])c1ccc(NN=Cc2cc(Br)c(Br)o2)c([N+](=O)[O-])c1. The Hall–Kier alpha value is -2.27. The fraction of sp³-hybridized carbons (Fsp3) is 0. The van der Waals surface area contributed by atoms with Crippen LogP contribution in [0.2, 0.25) is 0 Å². The van der Waals surface area contributed by atoms with E-state index in [1.807, 2.05) is 0 Å². The quantitative estimate of drug-likeness (QED) is 0.430. The lowest BCUT2D eigenvalue weighted by atomic mass is 10.2. The number of hydrogen-bond donors (Lipinski definition) is 1. The van der Waals surface area contributed by atoms with Gasteiger partial charge in [0.25, 0.3) is 5.69 Å². The second kappa shape index (κ2) is 6.66. The van der Waals surface area contributed by atoms with Gasteiger partial charge in [-0.3, -0.25) is 25.7 Å². The van der Waals surface area contributed by atoms with Gasteiger partial charge < -0.3 is 4.42 Å². The molecular weight excluding hydrogens is 428 g/mol. The Bertz CT molecular complexity index is 754. The molecule has 9 nitrogen and oxygen atoms in total. The van der Waals surface area contributed by atoms with Crippen molar-refractivity contribution in [2.24, 2.45) is 5.10 Å². The molecule has 0 saturated carbocycles. The molecule has 2 rings (SSSR count). The molecule has 22 heavy (non-hydrogen) atoms. The van der Waals surface area contributed by atoms with Crippen LogP contribution in [-0.4, -0.2) is 16.1 Å². The summed E-state index contributed by atoms with van der Waals surface area (Å²) >= 11 is 6.39. The van der Waals surface area contributed by atoms with E-state index in [0.717, 1.165) is 12.1 Å². The minimum Gasteiger partial charge on any atom is -0.447 e. The minimum atomic E-state index is -0.731. The van der Waals surface area contributed by atoms with Crippen LogP contribution in [0.5, 0.6) is 0 Å². The summed E-state index contributed by atoms with van der Waals surface area (Å²) in [5, 5.41) is 25.4. The Kier molecular flexibility index (Phi) is 4.88. The molecule has 0 unspecified atom stereocenters. The summed E-state index contributed by atoms with van der Waals surface area (Å²) in [5.41, 5.74) is 1.65. The van der Waals surface area contributed by atoms with Gasteiger partial charge >= 0.3 is 5.69 Å². The maximum Gasteiger partial charge on any atom is 0.301 e. The van der Waals surface area contributed by atoms with Gasteiger partial charge in [-0.25, -0.2) is 0 Å². The smallest absolute Gasteiger partial charge is 0.301 e. The Morgan fingerprint density at radius 1 is 1.18 bits per heavy atom. The van der Waals surface area contributed by atoms with E-state index in [9.17, 15) is 20.2 Å². The second-order valence-corrected chi connectivity index (χ2v) is 5.43. The van der Waals surface area contributed by atoms with Gasteiger partial charge in [0.2, 0.25) is 0 Å². The highest BCUT2D eigenvalue weighted by Gasteiger charge is 2.19. The number of rotatable bonds is 5. The summed E-state index contributed by atoms with van der Waals surface area (Å²) < 4.78 is 6.41. The number of nitro benzene ring substituents is 2. The van der Waals surface area contributed by atoms with Gasteiger partial charge in [-0.15, -0.1) is 0 Å². The maximum absolute atomic E-state index is 10.9. The first-order valence-corrected chi connectivity index (χ1v) is 7.14. The van der Waals surface area contributed by atoms with E-state index < -0.39 is 15.5 Å². The second-order valence-electron chi connectivity index (χ2n) is 3.86. The lowest BCUT2D eigenvalue weighted by Crippen LogP contribution is -1.98. The van der Waals surface area contributed by atoms with E-state index in [1.165, 1.54) is 12.3 Å². The van der Waals surface area contributed by atoms with Gasteiger partial charge in [-0.05, 0) is 37.9 Å². The topological polar surface area (TPSA) is 124 Å². The molecule has 1 N–H and O–H groups in total. The van der Waals surface area contributed by atoms with Gasteiger partial charge in [0.15, 0.2) is 4.67 Å². The zero-order valence-electron chi connectivity index (χ0n) is 10.5. The Morgan fingerprint density at radius 2 is 1.91 bits per heavy atom. The molecule has 0 aliphatic heterocycles. The number of hydrazone groups is 1. The molecule has 0 aliphatic carbocycles. The third kappa shape index (κ3) is 3.68. The highest BCUT2D eigenvalue weighted by atomic mass is 79.9. The first kappa shape index (κ1) is 16.1.